The highest BCUT2D eigenvalue weighted by Crippen LogP contribution is 2.25. The molecule has 0 bridgehead atoms. The molecule has 31 heavy (non-hydrogen) atoms. The van der Waals surface area contributed by atoms with Gasteiger partial charge in [0.1, 0.15) is 6.04 Å². The number of carbonyl (C=O) groups excluding carboxylic acids is 2. The predicted molar refractivity (Wildman–Crippen MR) is 123 cm³/mol. The maximum absolute atomic E-state index is 12.5. The second-order valence-electron chi connectivity index (χ2n) is 7.52. The van der Waals surface area contributed by atoms with Gasteiger partial charge in [-0.25, -0.2) is 0 Å². The lowest BCUT2D eigenvalue weighted by atomic mass is 10.1. The number of amides is 1. The summed E-state index contributed by atoms with van der Waals surface area (Å²) >= 11 is 1.35. The highest BCUT2D eigenvalue weighted by molar-refractivity contribution is 7.99. The summed E-state index contributed by atoms with van der Waals surface area (Å²) in [5, 5.41) is 12.4. The molecule has 8 heteroatoms. The third kappa shape index (κ3) is 5.59. The van der Waals surface area contributed by atoms with Gasteiger partial charge in [-0.15, -0.1) is 10.2 Å². The zero-order valence-electron chi connectivity index (χ0n) is 18.3. The van der Waals surface area contributed by atoms with Gasteiger partial charge in [-0.2, -0.15) is 0 Å². The molecule has 0 saturated heterocycles. The third-order valence-electron chi connectivity index (χ3n) is 5.00. The van der Waals surface area contributed by atoms with Crippen molar-refractivity contribution in [1.82, 2.24) is 14.8 Å². The Morgan fingerprint density at radius 3 is 2.32 bits per heavy atom. The van der Waals surface area contributed by atoms with Gasteiger partial charge in [0.25, 0.3) is 0 Å². The SMILES string of the molecule is CC[C@H](c1nnc(SCC(=O)Nc2ccc(C(C)=O)cc2)n1-c1ccccc1)[NH+](C)C. The van der Waals surface area contributed by atoms with E-state index in [2.05, 4.69) is 36.5 Å². The van der Waals surface area contributed by atoms with Crippen LogP contribution in [0.15, 0.2) is 59.8 Å². The Morgan fingerprint density at radius 2 is 1.74 bits per heavy atom. The highest BCUT2D eigenvalue weighted by atomic mass is 32.2. The highest BCUT2D eigenvalue weighted by Gasteiger charge is 2.26. The molecule has 162 valence electrons. The normalized spacial score (nSPS) is 12.0. The number of thioether (sulfide) groups is 1. The average molecular weight is 439 g/mol. The Morgan fingerprint density at radius 1 is 1.06 bits per heavy atom. The van der Waals surface area contributed by atoms with E-state index in [0.29, 0.717) is 16.4 Å². The Labute approximate surface area is 186 Å². The minimum atomic E-state index is -0.144. The summed E-state index contributed by atoms with van der Waals surface area (Å²) in [7, 11) is 4.21. The molecule has 0 radical (unpaired) electrons. The lowest BCUT2D eigenvalue weighted by molar-refractivity contribution is -0.893. The van der Waals surface area contributed by atoms with E-state index >= 15 is 0 Å². The van der Waals surface area contributed by atoms with Gasteiger partial charge in [-0.3, -0.25) is 14.2 Å². The van der Waals surface area contributed by atoms with Crippen LogP contribution in [-0.4, -0.2) is 46.3 Å². The van der Waals surface area contributed by atoms with E-state index in [-0.39, 0.29) is 23.5 Å². The molecular formula is C23H28N5O2S+. The first-order chi connectivity index (χ1) is 14.9. The van der Waals surface area contributed by atoms with Gasteiger partial charge in [0, 0.05) is 23.4 Å². The second kappa shape index (κ2) is 10.4. The molecule has 1 heterocycles. The molecule has 0 aliphatic carbocycles. The first kappa shape index (κ1) is 22.7. The third-order valence-corrected chi connectivity index (χ3v) is 5.93. The molecule has 1 aromatic heterocycles. The number of anilines is 1. The molecule has 0 saturated carbocycles. The molecule has 1 atom stereocenters. The standard InChI is InChI=1S/C23H27N5O2S/c1-5-20(27(3)4)22-25-26-23(28(22)19-9-7-6-8-10-19)31-15-21(30)24-18-13-11-17(12-14-18)16(2)29/h6-14,20H,5,15H2,1-4H3,(H,24,30)/p+1/t20-/m1/s1. The molecule has 1 amide bonds. The zero-order chi connectivity index (χ0) is 22.4. The van der Waals surface area contributed by atoms with Gasteiger partial charge in [-0.1, -0.05) is 36.9 Å². The predicted octanol–water partition coefficient (Wildman–Crippen LogP) is 2.80. The van der Waals surface area contributed by atoms with Crippen LogP contribution in [0.1, 0.15) is 42.5 Å². The van der Waals surface area contributed by atoms with Crippen LogP contribution in [0.2, 0.25) is 0 Å². The van der Waals surface area contributed by atoms with Gasteiger partial charge in [0.2, 0.25) is 5.91 Å². The minimum absolute atomic E-state index is 0.00516. The van der Waals surface area contributed by atoms with E-state index in [9.17, 15) is 9.59 Å². The van der Waals surface area contributed by atoms with E-state index < -0.39 is 0 Å². The van der Waals surface area contributed by atoms with E-state index in [1.807, 2.05) is 34.9 Å². The Hall–Kier alpha value is -2.97. The average Bonchev–Trinajstić information content (AvgIpc) is 3.17. The van der Waals surface area contributed by atoms with Crippen LogP contribution in [0.4, 0.5) is 5.69 Å². The molecule has 0 spiro atoms. The van der Waals surface area contributed by atoms with E-state index in [4.69, 9.17) is 0 Å². The van der Waals surface area contributed by atoms with Crippen LogP contribution in [0, 0.1) is 0 Å². The molecule has 0 aliphatic rings. The number of quaternary nitrogens is 1. The number of hydrogen-bond donors (Lipinski definition) is 2. The van der Waals surface area contributed by atoms with Gasteiger partial charge in [-0.05, 0) is 43.3 Å². The molecule has 2 N–H and O–H groups in total. The van der Waals surface area contributed by atoms with Crippen LogP contribution in [-0.2, 0) is 4.79 Å². The summed E-state index contributed by atoms with van der Waals surface area (Å²) in [5.41, 5.74) is 2.25. The van der Waals surface area contributed by atoms with Crippen LogP contribution in [0.5, 0.6) is 0 Å². The van der Waals surface area contributed by atoms with Crippen LogP contribution in [0.25, 0.3) is 5.69 Å². The number of carbonyl (C=O) groups is 2. The molecule has 0 aliphatic heterocycles. The molecule has 3 aromatic rings. The van der Waals surface area contributed by atoms with Crippen LogP contribution >= 0.6 is 11.8 Å². The van der Waals surface area contributed by atoms with E-state index in [1.165, 1.54) is 23.6 Å². The smallest absolute Gasteiger partial charge is 0.234 e. The van der Waals surface area contributed by atoms with Crippen molar-refractivity contribution in [3.05, 3.63) is 66.0 Å². The summed E-state index contributed by atoms with van der Waals surface area (Å²) < 4.78 is 2.04. The Kier molecular flexibility index (Phi) is 7.59. The van der Waals surface area contributed by atoms with Gasteiger partial charge in [0.05, 0.1) is 19.8 Å². The minimum Gasteiger partial charge on any atom is -0.331 e. The fourth-order valence-corrected chi connectivity index (χ4v) is 4.14. The van der Waals surface area contributed by atoms with Gasteiger partial charge < -0.3 is 10.2 Å². The summed E-state index contributed by atoms with van der Waals surface area (Å²) in [6.07, 6.45) is 0.925. The number of Topliss-reactive ketones (excluding diaryl/α,β-unsaturated/α-hetero) is 1. The molecule has 2 aromatic carbocycles. The summed E-state index contributed by atoms with van der Waals surface area (Å²) in [6, 6.07) is 17.0. The fourth-order valence-electron chi connectivity index (χ4n) is 3.38. The number of nitrogens with zero attached hydrogens (tertiary/aromatic N) is 3. The molecular weight excluding hydrogens is 410 g/mol. The Balaban J connectivity index is 1.77. The van der Waals surface area contributed by atoms with Crippen LogP contribution < -0.4 is 10.2 Å². The van der Waals surface area contributed by atoms with Crippen molar-refractivity contribution >= 4 is 29.1 Å². The molecule has 0 fully saturated rings. The molecule has 7 nitrogen and oxygen atoms in total. The number of aromatic nitrogens is 3. The topological polar surface area (TPSA) is 81.3 Å². The number of hydrogen-bond acceptors (Lipinski definition) is 5. The summed E-state index contributed by atoms with van der Waals surface area (Å²) in [4.78, 5) is 25.2. The Bertz CT molecular complexity index is 1030. The summed E-state index contributed by atoms with van der Waals surface area (Å²) in [6.45, 7) is 3.65. The van der Waals surface area contributed by atoms with Crippen molar-refractivity contribution in [3.8, 4) is 5.69 Å². The fraction of sp³-hybridized carbons (Fsp3) is 0.304. The lowest BCUT2D eigenvalue weighted by Gasteiger charge is -2.20. The first-order valence-corrected chi connectivity index (χ1v) is 11.2. The number of para-hydroxylation sites is 1. The lowest BCUT2D eigenvalue weighted by Crippen LogP contribution is -3.06. The van der Waals surface area contributed by atoms with Crippen LogP contribution in [0.3, 0.4) is 0 Å². The number of nitrogens with one attached hydrogen (secondary N) is 2. The van der Waals surface area contributed by atoms with Gasteiger partial charge >= 0.3 is 0 Å². The van der Waals surface area contributed by atoms with Crippen molar-refractivity contribution in [2.75, 3.05) is 25.2 Å². The quantitative estimate of drug-likeness (QED) is 0.397. The number of rotatable bonds is 9. The van der Waals surface area contributed by atoms with Crippen molar-refractivity contribution in [2.24, 2.45) is 0 Å². The summed E-state index contributed by atoms with van der Waals surface area (Å²) in [5.74, 6) is 0.936. The number of benzene rings is 2. The van der Waals surface area contributed by atoms with Crippen molar-refractivity contribution in [1.29, 1.82) is 0 Å². The van der Waals surface area contributed by atoms with E-state index in [1.54, 1.807) is 24.3 Å². The molecule has 3 rings (SSSR count). The maximum atomic E-state index is 12.5. The van der Waals surface area contributed by atoms with E-state index in [0.717, 1.165) is 17.9 Å². The monoisotopic (exact) mass is 438 g/mol. The first-order valence-electron chi connectivity index (χ1n) is 10.2. The van der Waals surface area contributed by atoms with Crippen molar-refractivity contribution in [3.63, 3.8) is 0 Å². The van der Waals surface area contributed by atoms with Gasteiger partial charge in [0.15, 0.2) is 16.8 Å². The molecule has 0 unspecified atom stereocenters. The largest absolute Gasteiger partial charge is 0.331 e. The number of ketones is 1. The maximum Gasteiger partial charge on any atom is 0.234 e. The van der Waals surface area contributed by atoms with Crippen molar-refractivity contribution < 1.29 is 14.5 Å². The second-order valence-corrected chi connectivity index (χ2v) is 8.46. The van der Waals surface area contributed by atoms with Crippen molar-refractivity contribution in [2.45, 2.75) is 31.5 Å². The zero-order valence-corrected chi connectivity index (χ0v) is 19.1.